The van der Waals surface area contributed by atoms with Crippen molar-refractivity contribution >= 4 is 34.9 Å². The first-order valence-electron chi connectivity index (χ1n) is 8.30. The summed E-state index contributed by atoms with van der Waals surface area (Å²) in [6.07, 6.45) is 1.67. The lowest BCUT2D eigenvalue weighted by Crippen LogP contribution is -2.37. The van der Waals surface area contributed by atoms with Gasteiger partial charge in [-0.05, 0) is 48.0 Å². The van der Waals surface area contributed by atoms with Gasteiger partial charge in [-0.3, -0.25) is 19.3 Å². The van der Waals surface area contributed by atoms with Gasteiger partial charge in [0.25, 0.3) is 17.1 Å². The molecule has 0 aromatic heterocycles. The molecule has 7 heteroatoms. The predicted octanol–water partition coefficient (Wildman–Crippen LogP) is 3.60. The van der Waals surface area contributed by atoms with Crippen LogP contribution in [0, 0.1) is 12.7 Å². The summed E-state index contributed by atoms with van der Waals surface area (Å²) in [5, 5.41) is 2.24. The van der Waals surface area contributed by atoms with Crippen LogP contribution in [0.1, 0.15) is 21.5 Å². The Kier molecular flexibility index (Phi) is 5.71. The average Bonchev–Trinajstić information content (AvgIpc) is 2.91. The van der Waals surface area contributed by atoms with Crippen molar-refractivity contribution in [3.63, 3.8) is 0 Å². The van der Waals surface area contributed by atoms with Crippen molar-refractivity contribution in [3.05, 3.63) is 75.9 Å². The van der Waals surface area contributed by atoms with E-state index in [0.29, 0.717) is 10.5 Å². The van der Waals surface area contributed by atoms with Gasteiger partial charge in [-0.2, -0.15) is 0 Å². The first kappa shape index (κ1) is 18.8. The van der Waals surface area contributed by atoms with Crippen LogP contribution in [0.25, 0.3) is 6.08 Å². The van der Waals surface area contributed by atoms with E-state index in [1.165, 1.54) is 12.1 Å². The number of aryl methyl sites for hydroxylation is 1. The third-order valence-electron chi connectivity index (χ3n) is 4.04. The summed E-state index contributed by atoms with van der Waals surface area (Å²) in [7, 11) is 0. The number of amides is 3. The van der Waals surface area contributed by atoms with Gasteiger partial charge < -0.3 is 5.32 Å². The Hall–Kier alpha value is -2.93. The number of benzene rings is 2. The highest BCUT2D eigenvalue weighted by Gasteiger charge is 2.34. The normalized spacial score (nSPS) is 15.5. The minimum Gasteiger partial charge on any atom is -0.350 e. The lowest BCUT2D eigenvalue weighted by Gasteiger charge is -2.13. The molecule has 1 aliphatic rings. The minimum atomic E-state index is -0.497. The van der Waals surface area contributed by atoms with Gasteiger partial charge in [0.15, 0.2) is 0 Å². The molecule has 0 radical (unpaired) electrons. The zero-order chi connectivity index (χ0) is 19.4. The summed E-state index contributed by atoms with van der Waals surface area (Å²) < 4.78 is 13.3. The SMILES string of the molecule is Cc1ccc(F)cc1C(=O)NCCN1C(=O)S/C(=C/c2ccccc2)C1=O. The van der Waals surface area contributed by atoms with Crippen LogP contribution in [-0.4, -0.2) is 35.0 Å². The van der Waals surface area contributed by atoms with Crippen LogP contribution in [0.2, 0.25) is 0 Å². The van der Waals surface area contributed by atoms with Crippen molar-refractivity contribution in [1.82, 2.24) is 10.2 Å². The fourth-order valence-corrected chi connectivity index (χ4v) is 3.47. The van der Waals surface area contributed by atoms with E-state index in [0.717, 1.165) is 28.3 Å². The summed E-state index contributed by atoms with van der Waals surface area (Å²) in [6, 6.07) is 13.2. The Morgan fingerprint density at radius 2 is 1.93 bits per heavy atom. The van der Waals surface area contributed by atoms with Gasteiger partial charge >= 0.3 is 0 Å². The molecule has 0 spiro atoms. The van der Waals surface area contributed by atoms with Gasteiger partial charge in [-0.1, -0.05) is 36.4 Å². The Bertz CT molecular complexity index is 928. The van der Waals surface area contributed by atoms with Crippen LogP contribution >= 0.6 is 11.8 Å². The van der Waals surface area contributed by atoms with Crippen molar-refractivity contribution < 1.29 is 18.8 Å². The van der Waals surface area contributed by atoms with Crippen LogP contribution in [0.3, 0.4) is 0 Å². The monoisotopic (exact) mass is 384 g/mol. The molecule has 1 N–H and O–H groups in total. The molecule has 2 aromatic carbocycles. The van der Waals surface area contributed by atoms with Crippen molar-refractivity contribution in [2.45, 2.75) is 6.92 Å². The molecule has 0 saturated carbocycles. The second-order valence-corrected chi connectivity index (χ2v) is 6.95. The molecule has 27 heavy (non-hydrogen) atoms. The highest BCUT2D eigenvalue weighted by Crippen LogP contribution is 2.31. The number of imide groups is 1. The van der Waals surface area contributed by atoms with E-state index in [1.807, 2.05) is 30.3 Å². The molecule has 0 unspecified atom stereocenters. The molecule has 1 saturated heterocycles. The van der Waals surface area contributed by atoms with Gasteiger partial charge in [0, 0.05) is 18.7 Å². The zero-order valence-corrected chi connectivity index (χ0v) is 15.4. The molecule has 0 bridgehead atoms. The van der Waals surface area contributed by atoms with E-state index in [9.17, 15) is 18.8 Å². The Balaban J connectivity index is 1.60. The number of rotatable bonds is 5. The maximum Gasteiger partial charge on any atom is 0.293 e. The summed E-state index contributed by atoms with van der Waals surface area (Å²) in [6.45, 7) is 1.85. The van der Waals surface area contributed by atoms with E-state index in [4.69, 9.17) is 0 Å². The van der Waals surface area contributed by atoms with E-state index in [1.54, 1.807) is 13.0 Å². The van der Waals surface area contributed by atoms with Crippen LogP contribution < -0.4 is 5.32 Å². The van der Waals surface area contributed by atoms with E-state index < -0.39 is 11.7 Å². The lowest BCUT2D eigenvalue weighted by molar-refractivity contribution is -0.122. The van der Waals surface area contributed by atoms with E-state index >= 15 is 0 Å². The number of hydrogen-bond acceptors (Lipinski definition) is 4. The van der Waals surface area contributed by atoms with Gasteiger partial charge in [0.2, 0.25) is 0 Å². The average molecular weight is 384 g/mol. The van der Waals surface area contributed by atoms with Crippen LogP contribution in [-0.2, 0) is 4.79 Å². The Morgan fingerprint density at radius 1 is 1.19 bits per heavy atom. The van der Waals surface area contributed by atoms with Crippen LogP contribution in [0.4, 0.5) is 9.18 Å². The first-order valence-corrected chi connectivity index (χ1v) is 9.12. The quantitative estimate of drug-likeness (QED) is 0.800. The molecule has 1 heterocycles. The fraction of sp³-hybridized carbons (Fsp3) is 0.150. The van der Waals surface area contributed by atoms with Crippen molar-refractivity contribution in [2.75, 3.05) is 13.1 Å². The molecule has 1 fully saturated rings. The minimum absolute atomic E-state index is 0.0525. The maximum atomic E-state index is 13.3. The number of thioether (sulfide) groups is 1. The number of carbonyl (C=O) groups is 3. The summed E-state index contributed by atoms with van der Waals surface area (Å²) in [5.41, 5.74) is 1.71. The lowest BCUT2D eigenvalue weighted by atomic mass is 10.1. The van der Waals surface area contributed by atoms with E-state index in [-0.39, 0.29) is 29.8 Å². The molecule has 5 nitrogen and oxygen atoms in total. The molecule has 3 amide bonds. The third kappa shape index (κ3) is 4.43. The van der Waals surface area contributed by atoms with Gasteiger partial charge in [-0.15, -0.1) is 0 Å². The molecule has 0 atom stereocenters. The van der Waals surface area contributed by atoms with Crippen molar-refractivity contribution in [2.24, 2.45) is 0 Å². The largest absolute Gasteiger partial charge is 0.350 e. The molecule has 3 rings (SSSR count). The number of carbonyl (C=O) groups excluding carboxylic acids is 3. The molecule has 138 valence electrons. The number of nitrogens with zero attached hydrogens (tertiary/aromatic N) is 1. The topological polar surface area (TPSA) is 66.5 Å². The smallest absolute Gasteiger partial charge is 0.293 e. The standard InChI is InChI=1S/C20H17FN2O3S/c1-13-7-8-15(21)12-16(13)18(24)22-9-10-23-19(25)17(27-20(23)26)11-14-5-3-2-4-6-14/h2-8,11-12H,9-10H2,1H3,(H,22,24)/b17-11+. The second kappa shape index (κ2) is 8.18. The zero-order valence-electron chi connectivity index (χ0n) is 14.6. The number of nitrogens with one attached hydrogen (secondary N) is 1. The Labute approximate surface area is 160 Å². The van der Waals surface area contributed by atoms with Gasteiger partial charge in [0.05, 0.1) is 4.91 Å². The second-order valence-electron chi connectivity index (χ2n) is 5.96. The van der Waals surface area contributed by atoms with Gasteiger partial charge in [0.1, 0.15) is 5.82 Å². The third-order valence-corrected chi connectivity index (χ3v) is 4.94. The number of hydrogen-bond donors (Lipinski definition) is 1. The Morgan fingerprint density at radius 3 is 2.67 bits per heavy atom. The van der Waals surface area contributed by atoms with Crippen molar-refractivity contribution in [1.29, 1.82) is 0 Å². The maximum absolute atomic E-state index is 13.3. The molecule has 0 aliphatic carbocycles. The highest BCUT2D eigenvalue weighted by atomic mass is 32.2. The number of halogens is 1. The van der Waals surface area contributed by atoms with Crippen molar-refractivity contribution in [3.8, 4) is 0 Å². The summed E-state index contributed by atoms with van der Waals surface area (Å²) in [4.78, 5) is 38.1. The summed E-state index contributed by atoms with van der Waals surface area (Å²) in [5.74, 6) is -1.33. The van der Waals surface area contributed by atoms with Crippen LogP contribution in [0.15, 0.2) is 53.4 Å². The predicted molar refractivity (Wildman–Crippen MR) is 103 cm³/mol. The fourth-order valence-electron chi connectivity index (χ4n) is 2.61. The summed E-state index contributed by atoms with van der Waals surface area (Å²) >= 11 is 0.872. The van der Waals surface area contributed by atoms with Gasteiger partial charge in [-0.25, -0.2) is 4.39 Å². The van der Waals surface area contributed by atoms with Crippen LogP contribution in [0.5, 0.6) is 0 Å². The highest BCUT2D eigenvalue weighted by molar-refractivity contribution is 8.18. The van der Waals surface area contributed by atoms with E-state index in [2.05, 4.69) is 5.32 Å². The molecular weight excluding hydrogens is 367 g/mol. The molecule has 1 aliphatic heterocycles. The molecule has 2 aromatic rings. The first-order chi connectivity index (χ1) is 13.0. The molecular formula is C20H17FN2O3S.